The molecule has 0 saturated carbocycles. The largest absolute Gasteiger partial charge is 0.481 e. The Labute approximate surface area is 114 Å². The van der Waals surface area contributed by atoms with E-state index in [1.807, 2.05) is 20.0 Å². The molecular formula is C14H23N3O2. The van der Waals surface area contributed by atoms with E-state index in [-0.39, 0.29) is 5.92 Å². The number of rotatable bonds is 4. The van der Waals surface area contributed by atoms with Crippen molar-refractivity contribution >= 4 is 5.97 Å². The molecule has 1 aliphatic heterocycles. The molecule has 106 valence electrons. The van der Waals surface area contributed by atoms with Crippen LogP contribution in [0.4, 0.5) is 0 Å². The standard InChI is InChI=1S/C14H23N3O2/c1-9(2)12(14(18)19)13-15-8-11(16-13)10-4-6-17(3)7-5-10/h8-10,12H,4-7H2,1-3H3,(H,15,16)(H,18,19). The predicted octanol–water partition coefficient (Wildman–Crippen LogP) is 2.04. The molecule has 0 amide bonds. The van der Waals surface area contributed by atoms with Crippen molar-refractivity contribution in [1.29, 1.82) is 0 Å². The second kappa shape index (κ2) is 5.74. The van der Waals surface area contributed by atoms with Crippen molar-refractivity contribution in [3.05, 3.63) is 17.7 Å². The molecule has 1 saturated heterocycles. The number of hydrogen-bond acceptors (Lipinski definition) is 3. The van der Waals surface area contributed by atoms with Gasteiger partial charge in [0.1, 0.15) is 11.7 Å². The van der Waals surface area contributed by atoms with Gasteiger partial charge in [-0.1, -0.05) is 13.8 Å². The van der Waals surface area contributed by atoms with Gasteiger partial charge in [0.05, 0.1) is 0 Å². The van der Waals surface area contributed by atoms with Crippen molar-refractivity contribution in [3.8, 4) is 0 Å². The van der Waals surface area contributed by atoms with Crippen molar-refractivity contribution < 1.29 is 9.90 Å². The highest BCUT2D eigenvalue weighted by Crippen LogP contribution is 2.29. The molecule has 2 heterocycles. The number of likely N-dealkylation sites (tertiary alicyclic amines) is 1. The Morgan fingerprint density at radius 2 is 2.11 bits per heavy atom. The van der Waals surface area contributed by atoms with E-state index < -0.39 is 11.9 Å². The molecule has 0 aromatic carbocycles. The van der Waals surface area contributed by atoms with Gasteiger partial charge in [0, 0.05) is 17.8 Å². The van der Waals surface area contributed by atoms with E-state index in [1.165, 1.54) is 0 Å². The van der Waals surface area contributed by atoms with Crippen LogP contribution < -0.4 is 0 Å². The number of carboxylic acids is 1. The van der Waals surface area contributed by atoms with Crippen LogP contribution in [0.2, 0.25) is 0 Å². The maximum absolute atomic E-state index is 11.3. The zero-order valence-electron chi connectivity index (χ0n) is 11.9. The lowest BCUT2D eigenvalue weighted by Crippen LogP contribution is -2.29. The average Bonchev–Trinajstić information content (AvgIpc) is 2.78. The molecule has 19 heavy (non-hydrogen) atoms. The highest BCUT2D eigenvalue weighted by atomic mass is 16.4. The Bertz CT molecular complexity index is 434. The molecule has 0 radical (unpaired) electrons. The first kappa shape index (κ1) is 14.1. The predicted molar refractivity (Wildman–Crippen MR) is 73.3 cm³/mol. The number of carboxylic acid groups (broad SMARTS) is 1. The molecule has 1 aromatic rings. The molecule has 1 unspecified atom stereocenters. The Balaban J connectivity index is 2.12. The van der Waals surface area contributed by atoms with Crippen LogP contribution in [0, 0.1) is 5.92 Å². The van der Waals surface area contributed by atoms with Crippen LogP contribution >= 0.6 is 0 Å². The number of aromatic amines is 1. The molecule has 1 aromatic heterocycles. The number of aromatic nitrogens is 2. The molecule has 1 aliphatic rings. The Kier molecular flexibility index (Phi) is 4.24. The number of nitrogens with zero attached hydrogens (tertiary/aromatic N) is 2. The van der Waals surface area contributed by atoms with Crippen molar-refractivity contribution in [1.82, 2.24) is 14.9 Å². The number of carbonyl (C=O) groups is 1. The summed E-state index contributed by atoms with van der Waals surface area (Å²) in [4.78, 5) is 21.2. The van der Waals surface area contributed by atoms with E-state index in [0.29, 0.717) is 11.7 Å². The van der Waals surface area contributed by atoms with Gasteiger partial charge >= 0.3 is 5.97 Å². The lowest BCUT2D eigenvalue weighted by molar-refractivity contribution is -0.140. The molecule has 5 nitrogen and oxygen atoms in total. The Morgan fingerprint density at radius 1 is 1.47 bits per heavy atom. The molecule has 2 N–H and O–H groups in total. The van der Waals surface area contributed by atoms with Crippen LogP contribution in [0.25, 0.3) is 0 Å². The monoisotopic (exact) mass is 265 g/mol. The first-order valence-corrected chi connectivity index (χ1v) is 6.95. The van der Waals surface area contributed by atoms with Gasteiger partial charge in [-0.05, 0) is 38.9 Å². The molecule has 2 rings (SSSR count). The Morgan fingerprint density at radius 3 is 2.63 bits per heavy atom. The van der Waals surface area contributed by atoms with Gasteiger partial charge in [-0.3, -0.25) is 4.79 Å². The van der Waals surface area contributed by atoms with Gasteiger partial charge in [-0.25, -0.2) is 4.98 Å². The van der Waals surface area contributed by atoms with Crippen LogP contribution in [0.15, 0.2) is 6.20 Å². The minimum absolute atomic E-state index is 0.0361. The van der Waals surface area contributed by atoms with E-state index in [0.717, 1.165) is 31.6 Å². The highest BCUT2D eigenvalue weighted by molar-refractivity contribution is 5.75. The third kappa shape index (κ3) is 3.15. The summed E-state index contributed by atoms with van der Waals surface area (Å²) in [5.41, 5.74) is 1.09. The topological polar surface area (TPSA) is 69.2 Å². The quantitative estimate of drug-likeness (QED) is 0.874. The second-order valence-corrected chi connectivity index (χ2v) is 5.86. The lowest BCUT2D eigenvalue weighted by atomic mass is 9.94. The summed E-state index contributed by atoms with van der Waals surface area (Å²) >= 11 is 0. The fourth-order valence-electron chi connectivity index (χ4n) is 2.75. The number of nitrogens with one attached hydrogen (secondary N) is 1. The third-order valence-electron chi connectivity index (χ3n) is 4.00. The van der Waals surface area contributed by atoms with E-state index in [2.05, 4.69) is 21.9 Å². The van der Waals surface area contributed by atoms with Crippen molar-refractivity contribution in [2.75, 3.05) is 20.1 Å². The van der Waals surface area contributed by atoms with E-state index >= 15 is 0 Å². The molecular weight excluding hydrogens is 242 g/mol. The van der Waals surface area contributed by atoms with Gasteiger partial charge in [-0.2, -0.15) is 0 Å². The first-order valence-electron chi connectivity index (χ1n) is 6.95. The lowest BCUT2D eigenvalue weighted by Gasteiger charge is -2.28. The fraction of sp³-hybridized carbons (Fsp3) is 0.714. The van der Waals surface area contributed by atoms with Crippen LogP contribution in [0.1, 0.15) is 50.0 Å². The molecule has 0 spiro atoms. The maximum Gasteiger partial charge on any atom is 0.314 e. The number of imidazole rings is 1. The van der Waals surface area contributed by atoms with Crippen LogP contribution in [-0.4, -0.2) is 46.1 Å². The summed E-state index contributed by atoms with van der Waals surface area (Å²) in [6, 6.07) is 0. The van der Waals surface area contributed by atoms with E-state index in [1.54, 1.807) is 0 Å². The van der Waals surface area contributed by atoms with Crippen molar-refractivity contribution in [2.45, 2.75) is 38.5 Å². The fourth-order valence-corrected chi connectivity index (χ4v) is 2.75. The first-order chi connectivity index (χ1) is 8.99. The minimum Gasteiger partial charge on any atom is -0.481 e. The molecule has 1 atom stereocenters. The molecule has 1 fully saturated rings. The normalized spacial score (nSPS) is 19.8. The number of aliphatic carboxylic acids is 1. The molecule has 0 bridgehead atoms. The SMILES string of the molecule is CC(C)C(C(=O)O)c1ncc(C2CCN(C)CC2)[nH]1. The number of piperidine rings is 1. The number of hydrogen-bond donors (Lipinski definition) is 2. The van der Waals surface area contributed by atoms with Crippen molar-refractivity contribution in [3.63, 3.8) is 0 Å². The molecule has 5 heteroatoms. The highest BCUT2D eigenvalue weighted by Gasteiger charge is 2.28. The van der Waals surface area contributed by atoms with Gasteiger partial charge in [0.15, 0.2) is 0 Å². The number of H-pyrrole nitrogens is 1. The smallest absolute Gasteiger partial charge is 0.314 e. The summed E-state index contributed by atoms with van der Waals surface area (Å²) in [7, 11) is 2.13. The zero-order chi connectivity index (χ0) is 14.0. The third-order valence-corrected chi connectivity index (χ3v) is 4.00. The second-order valence-electron chi connectivity index (χ2n) is 5.86. The van der Waals surface area contributed by atoms with Crippen molar-refractivity contribution in [2.24, 2.45) is 5.92 Å². The van der Waals surface area contributed by atoms with E-state index in [9.17, 15) is 9.90 Å². The van der Waals surface area contributed by atoms with Crippen LogP contribution in [0.5, 0.6) is 0 Å². The summed E-state index contributed by atoms with van der Waals surface area (Å²) in [6.45, 7) is 6.00. The van der Waals surface area contributed by atoms with E-state index in [4.69, 9.17) is 0 Å². The summed E-state index contributed by atoms with van der Waals surface area (Å²) in [6.07, 6.45) is 4.04. The van der Waals surface area contributed by atoms with Crippen LogP contribution in [0.3, 0.4) is 0 Å². The van der Waals surface area contributed by atoms with Gasteiger partial charge < -0.3 is 15.0 Å². The molecule has 0 aliphatic carbocycles. The maximum atomic E-state index is 11.3. The average molecular weight is 265 g/mol. The summed E-state index contributed by atoms with van der Waals surface area (Å²) in [5.74, 6) is -0.233. The summed E-state index contributed by atoms with van der Waals surface area (Å²) < 4.78 is 0. The minimum atomic E-state index is -0.806. The van der Waals surface area contributed by atoms with Gasteiger partial charge in [0.2, 0.25) is 0 Å². The van der Waals surface area contributed by atoms with Gasteiger partial charge in [-0.15, -0.1) is 0 Å². The zero-order valence-corrected chi connectivity index (χ0v) is 11.9. The van der Waals surface area contributed by atoms with Gasteiger partial charge in [0.25, 0.3) is 0 Å². The Hall–Kier alpha value is -1.36. The summed E-state index contributed by atoms with van der Waals surface area (Å²) in [5, 5.41) is 9.28. The van der Waals surface area contributed by atoms with Crippen LogP contribution in [-0.2, 0) is 4.79 Å².